The smallest absolute Gasteiger partial charge is 0.194 e. The molecule has 116 valence electrons. The lowest BCUT2D eigenvalue weighted by Gasteiger charge is -2.35. The van der Waals surface area contributed by atoms with Gasteiger partial charge in [0.1, 0.15) is 0 Å². The predicted octanol–water partition coefficient (Wildman–Crippen LogP) is 2.23. The molecule has 4 nitrogen and oxygen atoms in total. The second kappa shape index (κ2) is 6.79. The van der Waals surface area contributed by atoms with E-state index in [1.807, 2.05) is 0 Å². The van der Waals surface area contributed by atoms with Crippen molar-refractivity contribution in [2.45, 2.75) is 58.5 Å². The van der Waals surface area contributed by atoms with Crippen LogP contribution >= 0.6 is 0 Å². The van der Waals surface area contributed by atoms with Crippen LogP contribution in [0.2, 0.25) is 0 Å². The standard InChI is InChI=1S/C16H31N3O/c1-4-17-15(18-12-16(20)7-5-8-16)19-9-6-14(11-19)10-13(2)3/h13-14,20H,4-12H2,1-3H3,(H,17,18). The van der Waals surface area contributed by atoms with Crippen LogP contribution in [0.5, 0.6) is 0 Å². The van der Waals surface area contributed by atoms with Crippen molar-refractivity contribution >= 4 is 5.96 Å². The van der Waals surface area contributed by atoms with E-state index in [0.717, 1.165) is 56.7 Å². The summed E-state index contributed by atoms with van der Waals surface area (Å²) in [6.45, 7) is 10.4. The van der Waals surface area contributed by atoms with E-state index in [1.54, 1.807) is 0 Å². The van der Waals surface area contributed by atoms with E-state index in [2.05, 4.69) is 36.0 Å². The van der Waals surface area contributed by atoms with Crippen LogP contribution in [0, 0.1) is 11.8 Å². The average Bonchev–Trinajstić information content (AvgIpc) is 2.79. The highest BCUT2D eigenvalue weighted by Gasteiger charge is 2.34. The van der Waals surface area contributed by atoms with E-state index in [4.69, 9.17) is 0 Å². The maximum absolute atomic E-state index is 10.2. The minimum atomic E-state index is -0.516. The Morgan fingerprint density at radius 1 is 1.45 bits per heavy atom. The number of aliphatic imine (C=N–C) groups is 1. The van der Waals surface area contributed by atoms with Gasteiger partial charge in [-0.05, 0) is 50.9 Å². The third kappa shape index (κ3) is 4.11. The van der Waals surface area contributed by atoms with Gasteiger partial charge in [-0.1, -0.05) is 13.8 Å². The fourth-order valence-corrected chi connectivity index (χ4v) is 3.27. The Morgan fingerprint density at radius 3 is 2.75 bits per heavy atom. The summed E-state index contributed by atoms with van der Waals surface area (Å²) in [5.74, 6) is 2.57. The molecule has 2 aliphatic rings. The van der Waals surface area contributed by atoms with E-state index in [0.29, 0.717) is 6.54 Å². The topological polar surface area (TPSA) is 47.9 Å². The van der Waals surface area contributed by atoms with Gasteiger partial charge in [0, 0.05) is 19.6 Å². The molecular formula is C16H31N3O. The first-order valence-corrected chi connectivity index (χ1v) is 8.28. The molecule has 1 heterocycles. The number of hydrogen-bond acceptors (Lipinski definition) is 2. The summed E-state index contributed by atoms with van der Waals surface area (Å²) in [5, 5.41) is 13.6. The van der Waals surface area contributed by atoms with Crippen molar-refractivity contribution in [1.82, 2.24) is 10.2 Å². The summed E-state index contributed by atoms with van der Waals surface area (Å²) in [6, 6.07) is 0. The van der Waals surface area contributed by atoms with Crippen molar-refractivity contribution in [3.05, 3.63) is 0 Å². The van der Waals surface area contributed by atoms with Gasteiger partial charge in [0.2, 0.25) is 0 Å². The Hall–Kier alpha value is -0.770. The predicted molar refractivity (Wildman–Crippen MR) is 83.9 cm³/mol. The number of guanidine groups is 1. The van der Waals surface area contributed by atoms with Crippen LogP contribution < -0.4 is 5.32 Å². The number of nitrogens with zero attached hydrogens (tertiary/aromatic N) is 2. The molecule has 1 aliphatic carbocycles. The van der Waals surface area contributed by atoms with Gasteiger partial charge in [0.05, 0.1) is 12.1 Å². The van der Waals surface area contributed by atoms with E-state index < -0.39 is 5.60 Å². The van der Waals surface area contributed by atoms with E-state index in [9.17, 15) is 5.11 Å². The largest absolute Gasteiger partial charge is 0.388 e. The van der Waals surface area contributed by atoms with Crippen LogP contribution in [0.1, 0.15) is 52.9 Å². The molecule has 1 saturated carbocycles. The molecule has 4 heteroatoms. The zero-order valence-electron chi connectivity index (χ0n) is 13.4. The molecule has 2 rings (SSSR count). The Labute approximate surface area is 123 Å². The zero-order chi connectivity index (χ0) is 14.6. The summed E-state index contributed by atoms with van der Waals surface area (Å²) < 4.78 is 0. The minimum Gasteiger partial charge on any atom is -0.388 e. The molecule has 1 saturated heterocycles. The van der Waals surface area contributed by atoms with E-state index >= 15 is 0 Å². The average molecular weight is 281 g/mol. The molecule has 0 amide bonds. The molecular weight excluding hydrogens is 250 g/mol. The van der Waals surface area contributed by atoms with Crippen LogP contribution in [0.15, 0.2) is 4.99 Å². The second-order valence-electron chi connectivity index (χ2n) is 6.98. The molecule has 2 N–H and O–H groups in total. The Morgan fingerprint density at radius 2 is 2.20 bits per heavy atom. The monoisotopic (exact) mass is 281 g/mol. The van der Waals surface area contributed by atoms with Gasteiger partial charge in [-0.3, -0.25) is 4.99 Å². The van der Waals surface area contributed by atoms with Crippen molar-refractivity contribution in [2.75, 3.05) is 26.2 Å². The molecule has 1 aliphatic heterocycles. The fraction of sp³-hybridized carbons (Fsp3) is 0.938. The molecule has 0 aromatic heterocycles. The molecule has 1 atom stereocenters. The second-order valence-corrected chi connectivity index (χ2v) is 6.98. The Bertz CT molecular complexity index is 337. The van der Waals surface area contributed by atoms with Crippen LogP contribution in [0.4, 0.5) is 0 Å². The first-order chi connectivity index (χ1) is 9.52. The number of nitrogens with one attached hydrogen (secondary N) is 1. The lowest BCUT2D eigenvalue weighted by atomic mass is 9.80. The van der Waals surface area contributed by atoms with Crippen LogP contribution in [0.25, 0.3) is 0 Å². The van der Waals surface area contributed by atoms with Gasteiger partial charge in [0.15, 0.2) is 5.96 Å². The SMILES string of the molecule is CCNC(=NCC1(O)CCC1)N1CCC(CC(C)C)C1. The van der Waals surface area contributed by atoms with Crippen LogP contribution in [0.3, 0.4) is 0 Å². The zero-order valence-corrected chi connectivity index (χ0v) is 13.4. The van der Waals surface area contributed by atoms with Gasteiger partial charge in [-0.15, -0.1) is 0 Å². The Balaban J connectivity index is 1.89. The van der Waals surface area contributed by atoms with E-state index in [1.165, 1.54) is 12.8 Å². The first-order valence-electron chi connectivity index (χ1n) is 8.28. The molecule has 20 heavy (non-hydrogen) atoms. The van der Waals surface area contributed by atoms with Crippen molar-refractivity contribution in [1.29, 1.82) is 0 Å². The molecule has 1 unspecified atom stereocenters. The normalized spacial score (nSPS) is 25.9. The highest BCUT2D eigenvalue weighted by atomic mass is 16.3. The van der Waals surface area contributed by atoms with Crippen molar-refractivity contribution in [3.8, 4) is 0 Å². The highest BCUT2D eigenvalue weighted by Crippen LogP contribution is 2.31. The minimum absolute atomic E-state index is 0.516. The molecule has 0 radical (unpaired) electrons. The van der Waals surface area contributed by atoms with Gasteiger partial charge >= 0.3 is 0 Å². The maximum atomic E-state index is 10.2. The van der Waals surface area contributed by atoms with Crippen molar-refractivity contribution in [2.24, 2.45) is 16.8 Å². The maximum Gasteiger partial charge on any atom is 0.194 e. The molecule has 2 fully saturated rings. The van der Waals surface area contributed by atoms with Crippen molar-refractivity contribution in [3.63, 3.8) is 0 Å². The number of aliphatic hydroxyl groups is 1. The lowest BCUT2D eigenvalue weighted by molar-refractivity contribution is -0.0237. The molecule has 0 spiro atoms. The fourth-order valence-electron chi connectivity index (χ4n) is 3.27. The molecule has 0 bridgehead atoms. The summed E-state index contributed by atoms with van der Waals surface area (Å²) >= 11 is 0. The van der Waals surface area contributed by atoms with Crippen LogP contribution in [-0.4, -0.2) is 47.7 Å². The van der Waals surface area contributed by atoms with Crippen molar-refractivity contribution < 1.29 is 5.11 Å². The summed E-state index contributed by atoms with van der Waals surface area (Å²) in [5.41, 5.74) is -0.516. The van der Waals surface area contributed by atoms with Gasteiger partial charge in [-0.2, -0.15) is 0 Å². The van der Waals surface area contributed by atoms with Crippen LogP contribution in [-0.2, 0) is 0 Å². The van der Waals surface area contributed by atoms with Gasteiger partial charge < -0.3 is 15.3 Å². The molecule has 0 aromatic rings. The lowest BCUT2D eigenvalue weighted by Crippen LogP contribution is -2.44. The third-order valence-electron chi connectivity index (χ3n) is 4.53. The number of rotatable bonds is 5. The number of hydrogen-bond donors (Lipinski definition) is 2. The first kappa shape index (κ1) is 15.6. The summed E-state index contributed by atoms with van der Waals surface area (Å²) in [7, 11) is 0. The Kier molecular flexibility index (Phi) is 5.30. The summed E-state index contributed by atoms with van der Waals surface area (Å²) in [6.07, 6.45) is 5.53. The van der Waals surface area contributed by atoms with Gasteiger partial charge in [0.25, 0.3) is 0 Å². The van der Waals surface area contributed by atoms with E-state index in [-0.39, 0.29) is 0 Å². The van der Waals surface area contributed by atoms with Gasteiger partial charge in [-0.25, -0.2) is 0 Å². The highest BCUT2D eigenvalue weighted by molar-refractivity contribution is 5.80. The third-order valence-corrected chi connectivity index (χ3v) is 4.53. The molecule has 0 aromatic carbocycles. The quantitative estimate of drug-likeness (QED) is 0.600. The number of likely N-dealkylation sites (tertiary alicyclic amines) is 1. The summed E-state index contributed by atoms with van der Waals surface area (Å²) in [4.78, 5) is 7.06.